The molecular weight excluding hydrogens is 340 g/mol. The summed E-state index contributed by atoms with van der Waals surface area (Å²) in [4.78, 5) is 12.2. The van der Waals surface area contributed by atoms with Crippen molar-refractivity contribution in [3.05, 3.63) is 59.7 Å². The molecule has 2 amide bonds. The molecule has 25 heavy (non-hydrogen) atoms. The highest BCUT2D eigenvalue weighted by molar-refractivity contribution is 7.92. The lowest BCUT2D eigenvalue weighted by molar-refractivity contribution is 0.249. The van der Waals surface area contributed by atoms with E-state index in [2.05, 4.69) is 15.4 Å². The highest BCUT2D eigenvalue weighted by atomic mass is 32.2. The normalized spacial score (nSPS) is 11.9. The van der Waals surface area contributed by atoms with Gasteiger partial charge in [-0.3, -0.25) is 4.72 Å². The summed E-state index contributed by atoms with van der Waals surface area (Å²) in [7, 11) is -3.43. The number of hydrogen-bond acceptors (Lipinski definition) is 4. The molecule has 0 heterocycles. The smallest absolute Gasteiger partial charge is 0.319 e. The highest BCUT2D eigenvalue weighted by Crippen LogP contribution is 2.23. The van der Waals surface area contributed by atoms with Crippen LogP contribution in [0.5, 0.6) is 0 Å². The van der Waals surface area contributed by atoms with Crippen molar-refractivity contribution in [2.24, 2.45) is 0 Å². The molecule has 130 valence electrons. The molecule has 0 aliphatic carbocycles. The number of nitrogens with zero attached hydrogens (tertiary/aromatic N) is 1. The van der Waals surface area contributed by atoms with Crippen molar-refractivity contribution in [3.63, 3.8) is 0 Å². The highest BCUT2D eigenvalue weighted by Gasteiger charge is 2.15. The van der Waals surface area contributed by atoms with Gasteiger partial charge in [0.25, 0.3) is 0 Å². The largest absolute Gasteiger partial charge is 0.331 e. The first-order valence-electron chi connectivity index (χ1n) is 7.43. The number of rotatable bonds is 5. The Morgan fingerprint density at radius 3 is 2.32 bits per heavy atom. The third-order valence-corrected chi connectivity index (χ3v) is 3.96. The van der Waals surface area contributed by atoms with Crippen molar-refractivity contribution >= 4 is 27.4 Å². The number of sulfonamides is 1. The van der Waals surface area contributed by atoms with Gasteiger partial charge in [-0.1, -0.05) is 30.3 Å². The lowest BCUT2D eigenvalue weighted by Crippen LogP contribution is -2.32. The van der Waals surface area contributed by atoms with Crippen LogP contribution in [-0.2, 0) is 10.0 Å². The Morgan fingerprint density at radius 2 is 1.68 bits per heavy atom. The van der Waals surface area contributed by atoms with Gasteiger partial charge >= 0.3 is 6.03 Å². The molecule has 0 aromatic heterocycles. The van der Waals surface area contributed by atoms with E-state index in [1.165, 1.54) is 0 Å². The minimum atomic E-state index is -3.43. The van der Waals surface area contributed by atoms with Crippen molar-refractivity contribution in [1.82, 2.24) is 5.32 Å². The Balaban J connectivity index is 2.13. The average Bonchev–Trinajstić information content (AvgIpc) is 2.54. The number of urea groups is 1. The number of carbonyl (C=O) groups is 1. The first kappa shape index (κ1) is 18.3. The van der Waals surface area contributed by atoms with Gasteiger partial charge in [0.1, 0.15) is 6.07 Å². The van der Waals surface area contributed by atoms with Gasteiger partial charge in [0.05, 0.1) is 29.2 Å². The summed E-state index contributed by atoms with van der Waals surface area (Å²) in [6.07, 6.45) is 1.06. The maximum atomic E-state index is 12.2. The topological polar surface area (TPSA) is 111 Å². The van der Waals surface area contributed by atoms with Gasteiger partial charge in [-0.15, -0.1) is 0 Å². The summed E-state index contributed by atoms with van der Waals surface area (Å²) in [6.45, 7) is 1.73. The summed E-state index contributed by atoms with van der Waals surface area (Å²) in [5.41, 5.74) is 1.77. The van der Waals surface area contributed by atoms with Crippen LogP contribution >= 0.6 is 0 Å². The maximum Gasteiger partial charge on any atom is 0.319 e. The average molecular weight is 358 g/mol. The van der Waals surface area contributed by atoms with Gasteiger partial charge < -0.3 is 10.6 Å². The standard InChI is InChI=1S/C17H18N4O3S/c1-12(14-8-4-6-10-16(14)21-25(2,23)24)19-17(22)20-15-9-5-3-7-13(15)11-18/h3-10,12,21H,1-2H3,(H2,19,20,22). The first-order valence-corrected chi connectivity index (χ1v) is 9.32. The molecule has 2 rings (SSSR count). The number of carbonyl (C=O) groups excluding carboxylic acids is 1. The molecular formula is C17H18N4O3S. The lowest BCUT2D eigenvalue weighted by atomic mass is 10.1. The Bertz CT molecular complexity index is 919. The molecule has 2 aromatic rings. The molecule has 1 atom stereocenters. The number of para-hydroxylation sites is 2. The van der Waals surface area contributed by atoms with Crippen LogP contribution in [0.4, 0.5) is 16.2 Å². The number of amides is 2. The third kappa shape index (κ3) is 5.22. The predicted molar refractivity (Wildman–Crippen MR) is 96.6 cm³/mol. The van der Waals surface area contributed by atoms with E-state index in [4.69, 9.17) is 5.26 Å². The second-order valence-corrected chi connectivity index (χ2v) is 7.19. The fourth-order valence-electron chi connectivity index (χ4n) is 2.29. The number of anilines is 2. The minimum absolute atomic E-state index is 0.351. The molecule has 0 spiro atoms. The summed E-state index contributed by atoms with van der Waals surface area (Å²) in [5, 5.41) is 14.4. The Labute approximate surface area is 146 Å². The zero-order valence-corrected chi connectivity index (χ0v) is 14.6. The van der Waals surface area contributed by atoms with Crippen LogP contribution in [-0.4, -0.2) is 20.7 Å². The molecule has 0 bridgehead atoms. The Morgan fingerprint density at radius 1 is 1.08 bits per heavy atom. The van der Waals surface area contributed by atoms with Crippen LogP contribution in [0, 0.1) is 11.3 Å². The van der Waals surface area contributed by atoms with Crippen LogP contribution in [0.25, 0.3) is 0 Å². The van der Waals surface area contributed by atoms with Gasteiger partial charge in [-0.2, -0.15) is 5.26 Å². The molecule has 0 fully saturated rings. The number of hydrogen-bond donors (Lipinski definition) is 3. The molecule has 1 unspecified atom stereocenters. The molecule has 8 heteroatoms. The third-order valence-electron chi connectivity index (χ3n) is 3.37. The van der Waals surface area contributed by atoms with E-state index in [0.717, 1.165) is 6.26 Å². The van der Waals surface area contributed by atoms with Crippen molar-refractivity contribution in [3.8, 4) is 6.07 Å². The molecule has 7 nitrogen and oxygen atoms in total. The zero-order chi connectivity index (χ0) is 18.4. The van der Waals surface area contributed by atoms with Crippen molar-refractivity contribution in [2.75, 3.05) is 16.3 Å². The molecule has 0 aliphatic rings. The molecule has 3 N–H and O–H groups in total. The van der Waals surface area contributed by atoms with Crippen LogP contribution in [0.1, 0.15) is 24.1 Å². The van der Waals surface area contributed by atoms with E-state index in [9.17, 15) is 13.2 Å². The minimum Gasteiger partial charge on any atom is -0.331 e. The van der Waals surface area contributed by atoms with Crippen LogP contribution in [0.15, 0.2) is 48.5 Å². The van der Waals surface area contributed by atoms with Crippen LogP contribution in [0.3, 0.4) is 0 Å². The lowest BCUT2D eigenvalue weighted by Gasteiger charge is -2.19. The van der Waals surface area contributed by atoms with Gasteiger partial charge in [0, 0.05) is 0 Å². The van der Waals surface area contributed by atoms with E-state index in [1.807, 2.05) is 6.07 Å². The van der Waals surface area contributed by atoms with E-state index in [0.29, 0.717) is 22.5 Å². The fourth-order valence-corrected chi connectivity index (χ4v) is 2.88. The maximum absolute atomic E-state index is 12.2. The van der Waals surface area contributed by atoms with Gasteiger partial charge in [-0.25, -0.2) is 13.2 Å². The summed E-state index contributed by atoms with van der Waals surface area (Å²) in [5.74, 6) is 0. The van der Waals surface area contributed by atoms with Gasteiger partial charge in [0.15, 0.2) is 0 Å². The SMILES string of the molecule is CC(NC(=O)Nc1ccccc1C#N)c1ccccc1NS(C)(=O)=O. The molecule has 0 saturated heterocycles. The van der Waals surface area contributed by atoms with E-state index in [-0.39, 0.29) is 0 Å². The van der Waals surface area contributed by atoms with Gasteiger partial charge in [-0.05, 0) is 30.7 Å². The summed E-state index contributed by atoms with van der Waals surface area (Å²) in [6, 6.07) is 14.5. The number of nitrogens with one attached hydrogen (secondary N) is 3. The first-order chi connectivity index (χ1) is 11.8. The molecule has 0 aliphatic heterocycles. The van der Waals surface area contributed by atoms with Crippen LogP contribution in [0.2, 0.25) is 0 Å². The Kier molecular flexibility index (Phi) is 5.62. The number of nitriles is 1. The van der Waals surface area contributed by atoms with Crippen molar-refractivity contribution in [1.29, 1.82) is 5.26 Å². The number of benzene rings is 2. The molecule has 0 saturated carbocycles. The van der Waals surface area contributed by atoms with Crippen LogP contribution < -0.4 is 15.4 Å². The quantitative estimate of drug-likeness (QED) is 0.763. The van der Waals surface area contributed by atoms with E-state index in [1.54, 1.807) is 55.5 Å². The van der Waals surface area contributed by atoms with Crippen molar-refractivity contribution < 1.29 is 13.2 Å². The van der Waals surface area contributed by atoms with Crippen molar-refractivity contribution in [2.45, 2.75) is 13.0 Å². The predicted octanol–water partition coefficient (Wildman–Crippen LogP) is 2.81. The monoisotopic (exact) mass is 358 g/mol. The second kappa shape index (κ2) is 7.68. The summed E-state index contributed by atoms with van der Waals surface area (Å²) >= 11 is 0. The second-order valence-electron chi connectivity index (χ2n) is 5.44. The molecule has 0 radical (unpaired) electrons. The van der Waals surface area contributed by atoms with E-state index < -0.39 is 22.1 Å². The fraction of sp³-hybridized carbons (Fsp3) is 0.176. The molecule has 2 aromatic carbocycles. The van der Waals surface area contributed by atoms with E-state index >= 15 is 0 Å². The van der Waals surface area contributed by atoms with Gasteiger partial charge in [0.2, 0.25) is 10.0 Å². The summed E-state index contributed by atoms with van der Waals surface area (Å²) < 4.78 is 25.4. The zero-order valence-electron chi connectivity index (χ0n) is 13.8. The Hall–Kier alpha value is -3.05.